The third-order valence-corrected chi connectivity index (χ3v) is 4.76. The minimum Gasteiger partial charge on any atom is -0.496 e. The Kier molecular flexibility index (Phi) is 7.47. The van der Waals surface area contributed by atoms with Crippen molar-refractivity contribution >= 4 is 15.9 Å². The lowest BCUT2D eigenvalue weighted by molar-refractivity contribution is -0.122. The van der Waals surface area contributed by atoms with Gasteiger partial charge in [0.2, 0.25) is 15.9 Å². The average molecular weight is 344 g/mol. The van der Waals surface area contributed by atoms with Crippen molar-refractivity contribution in [1.82, 2.24) is 10.0 Å². The van der Waals surface area contributed by atoms with Crippen LogP contribution in [0.15, 0.2) is 23.1 Å². The average Bonchev–Trinajstić information content (AvgIpc) is 2.50. The predicted octanol–water partition coefficient (Wildman–Crippen LogP) is 0.823. The zero-order valence-corrected chi connectivity index (χ0v) is 14.7. The van der Waals surface area contributed by atoms with Gasteiger partial charge in [-0.25, -0.2) is 8.42 Å². The summed E-state index contributed by atoms with van der Waals surface area (Å²) in [6.45, 7) is 4.22. The zero-order valence-electron chi connectivity index (χ0n) is 13.9. The minimum absolute atomic E-state index is 0.0924. The monoisotopic (exact) mass is 344 g/mol. The van der Waals surface area contributed by atoms with Crippen molar-refractivity contribution < 1.29 is 22.7 Å². The van der Waals surface area contributed by atoms with E-state index < -0.39 is 16.1 Å². The molecule has 0 aliphatic rings. The standard InChI is InChI=1S/C15H24N2O5S/c1-11-10-13(6-7-14(11)22-4)23(19,20)17-12(2)15(18)16-8-5-9-21-3/h6-7,10,12,17H,5,8-9H2,1-4H3,(H,16,18)/t12-/m0/s1. The van der Waals surface area contributed by atoms with E-state index in [9.17, 15) is 13.2 Å². The highest BCUT2D eigenvalue weighted by molar-refractivity contribution is 7.89. The quantitative estimate of drug-likeness (QED) is 0.647. The summed E-state index contributed by atoms with van der Waals surface area (Å²) in [6, 6.07) is 3.66. The van der Waals surface area contributed by atoms with Crippen molar-refractivity contribution in [2.45, 2.75) is 31.2 Å². The van der Waals surface area contributed by atoms with Gasteiger partial charge in [-0.05, 0) is 44.0 Å². The van der Waals surface area contributed by atoms with Gasteiger partial charge >= 0.3 is 0 Å². The summed E-state index contributed by atoms with van der Waals surface area (Å²) in [4.78, 5) is 12.0. The van der Waals surface area contributed by atoms with Crippen molar-refractivity contribution in [3.8, 4) is 5.75 Å². The summed E-state index contributed by atoms with van der Waals surface area (Å²) in [6.07, 6.45) is 0.666. The number of hydrogen-bond donors (Lipinski definition) is 2. The SMILES string of the molecule is COCCCNC(=O)[C@H](C)NS(=O)(=O)c1ccc(OC)c(C)c1. The maximum atomic E-state index is 12.3. The van der Waals surface area contributed by atoms with E-state index >= 15 is 0 Å². The highest BCUT2D eigenvalue weighted by Crippen LogP contribution is 2.21. The molecule has 1 aromatic carbocycles. The molecule has 0 fully saturated rings. The molecule has 0 aromatic heterocycles. The summed E-state index contributed by atoms with van der Waals surface area (Å²) in [7, 11) is -0.681. The smallest absolute Gasteiger partial charge is 0.241 e. The molecule has 0 bridgehead atoms. The molecule has 23 heavy (non-hydrogen) atoms. The van der Waals surface area contributed by atoms with Crippen LogP contribution in [0.2, 0.25) is 0 Å². The Morgan fingerprint density at radius 1 is 1.30 bits per heavy atom. The maximum Gasteiger partial charge on any atom is 0.241 e. The third-order valence-electron chi connectivity index (χ3n) is 3.23. The molecular weight excluding hydrogens is 320 g/mol. The van der Waals surface area contributed by atoms with Crippen molar-refractivity contribution in [3.63, 3.8) is 0 Å². The van der Waals surface area contributed by atoms with Gasteiger partial charge in [0, 0.05) is 20.3 Å². The number of amides is 1. The van der Waals surface area contributed by atoms with Crippen LogP contribution in [0.3, 0.4) is 0 Å². The molecule has 0 saturated carbocycles. The van der Waals surface area contributed by atoms with Gasteiger partial charge in [0.15, 0.2) is 0 Å². The van der Waals surface area contributed by atoms with Gasteiger partial charge < -0.3 is 14.8 Å². The highest BCUT2D eigenvalue weighted by Gasteiger charge is 2.22. The largest absolute Gasteiger partial charge is 0.496 e. The first-order valence-corrected chi connectivity index (χ1v) is 8.73. The molecule has 8 heteroatoms. The zero-order chi connectivity index (χ0) is 17.5. The molecule has 1 aromatic rings. The van der Waals surface area contributed by atoms with Crippen molar-refractivity contribution in [2.24, 2.45) is 0 Å². The molecule has 0 heterocycles. The number of ether oxygens (including phenoxy) is 2. The van der Waals surface area contributed by atoms with Crippen LogP contribution in [-0.2, 0) is 19.6 Å². The minimum atomic E-state index is -3.78. The summed E-state index contributed by atoms with van der Waals surface area (Å²) < 4.78 is 37.0. The van der Waals surface area contributed by atoms with E-state index in [2.05, 4.69) is 10.0 Å². The molecule has 0 unspecified atom stereocenters. The number of carbonyl (C=O) groups excluding carboxylic acids is 1. The van der Waals surface area contributed by atoms with Crippen LogP contribution in [0.25, 0.3) is 0 Å². The molecule has 0 radical (unpaired) electrons. The Morgan fingerprint density at radius 2 is 2.00 bits per heavy atom. The van der Waals surface area contributed by atoms with Gasteiger partial charge in [0.05, 0.1) is 18.0 Å². The molecule has 0 aliphatic heterocycles. The summed E-state index contributed by atoms with van der Waals surface area (Å²) in [5.41, 5.74) is 0.701. The molecule has 2 N–H and O–H groups in total. The molecule has 0 saturated heterocycles. The molecule has 1 amide bonds. The molecular formula is C15H24N2O5S. The lowest BCUT2D eigenvalue weighted by Crippen LogP contribution is -2.45. The second-order valence-electron chi connectivity index (χ2n) is 5.11. The summed E-state index contributed by atoms with van der Waals surface area (Å²) in [5, 5.41) is 2.66. The Labute approximate surface area is 137 Å². The summed E-state index contributed by atoms with van der Waals surface area (Å²) >= 11 is 0. The van der Waals surface area contributed by atoms with Crippen molar-refractivity contribution in [2.75, 3.05) is 27.4 Å². The third kappa shape index (κ3) is 5.81. The van der Waals surface area contributed by atoms with Gasteiger partial charge in [-0.3, -0.25) is 4.79 Å². The molecule has 130 valence electrons. The van der Waals surface area contributed by atoms with E-state index in [-0.39, 0.29) is 10.8 Å². The van der Waals surface area contributed by atoms with Crippen LogP contribution < -0.4 is 14.8 Å². The first-order chi connectivity index (χ1) is 10.8. The first-order valence-electron chi connectivity index (χ1n) is 7.25. The number of benzene rings is 1. The Bertz CT molecular complexity index is 631. The number of rotatable bonds is 9. The van der Waals surface area contributed by atoms with Crippen LogP contribution in [0.4, 0.5) is 0 Å². The molecule has 0 spiro atoms. The Balaban J connectivity index is 2.70. The van der Waals surface area contributed by atoms with Crippen LogP contribution in [0.5, 0.6) is 5.75 Å². The van der Waals surface area contributed by atoms with E-state index in [1.165, 1.54) is 26.2 Å². The number of carbonyl (C=O) groups is 1. The molecule has 1 atom stereocenters. The topological polar surface area (TPSA) is 93.7 Å². The normalized spacial score (nSPS) is 12.7. The number of sulfonamides is 1. The lowest BCUT2D eigenvalue weighted by atomic mass is 10.2. The fourth-order valence-corrected chi connectivity index (χ4v) is 3.24. The number of aryl methyl sites for hydroxylation is 1. The fourth-order valence-electron chi connectivity index (χ4n) is 1.95. The lowest BCUT2D eigenvalue weighted by Gasteiger charge is -2.15. The van der Waals surface area contributed by atoms with E-state index in [0.29, 0.717) is 30.9 Å². The van der Waals surface area contributed by atoms with Crippen LogP contribution >= 0.6 is 0 Å². The van der Waals surface area contributed by atoms with Crippen molar-refractivity contribution in [3.05, 3.63) is 23.8 Å². The predicted molar refractivity (Wildman–Crippen MR) is 87.0 cm³/mol. The Hall–Kier alpha value is -1.64. The van der Waals surface area contributed by atoms with Gasteiger partial charge in [-0.2, -0.15) is 4.72 Å². The second kappa shape index (κ2) is 8.85. The second-order valence-corrected chi connectivity index (χ2v) is 6.83. The van der Waals surface area contributed by atoms with Gasteiger partial charge in [0.1, 0.15) is 5.75 Å². The molecule has 0 aliphatic carbocycles. The van der Waals surface area contributed by atoms with E-state index in [1.807, 2.05) is 0 Å². The first kappa shape index (κ1) is 19.4. The van der Waals surface area contributed by atoms with Crippen LogP contribution in [0, 0.1) is 6.92 Å². The summed E-state index contributed by atoms with van der Waals surface area (Å²) in [5.74, 6) is 0.225. The van der Waals surface area contributed by atoms with Crippen molar-refractivity contribution in [1.29, 1.82) is 0 Å². The van der Waals surface area contributed by atoms with E-state index in [4.69, 9.17) is 9.47 Å². The van der Waals surface area contributed by atoms with Crippen LogP contribution in [0.1, 0.15) is 18.9 Å². The number of hydrogen-bond acceptors (Lipinski definition) is 5. The maximum absolute atomic E-state index is 12.3. The molecule has 7 nitrogen and oxygen atoms in total. The van der Waals surface area contributed by atoms with Crippen LogP contribution in [-0.4, -0.2) is 47.7 Å². The van der Waals surface area contributed by atoms with Gasteiger partial charge in [0.25, 0.3) is 0 Å². The highest BCUT2D eigenvalue weighted by atomic mass is 32.2. The van der Waals surface area contributed by atoms with Gasteiger partial charge in [-0.1, -0.05) is 0 Å². The fraction of sp³-hybridized carbons (Fsp3) is 0.533. The number of methoxy groups -OCH3 is 2. The van der Waals surface area contributed by atoms with Gasteiger partial charge in [-0.15, -0.1) is 0 Å². The Morgan fingerprint density at radius 3 is 2.57 bits per heavy atom. The number of nitrogens with one attached hydrogen (secondary N) is 2. The van der Waals surface area contributed by atoms with E-state index in [0.717, 1.165) is 0 Å². The van der Waals surface area contributed by atoms with E-state index in [1.54, 1.807) is 20.1 Å². The molecule has 1 rings (SSSR count).